The molecule has 5 rings (SSSR count). The van der Waals surface area contributed by atoms with Crippen LogP contribution in [0.2, 0.25) is 0 Å². The molecule has 1 aromatic carbocycles. The number of hydrogen-bond acceptors (Lipinski definition) is 5. The first-order valence-electron chi connectivity index (χ1n) is 9.56. The Bertz CT molecular complexity index is 1040. The van der Waals surface area contributed by atoms with Crippen molar-refractivity contribution in [3.63, 3.8) is 0 Å². The van der Waals surface area contributed by atoms with Crippen LogP contribution in [-0.2, 0) is 20.5 Å². The van der Waals surface area contributed by atoms with Crippen LogP contribution in [0.25, 0.3) is 0 Å². The van der Waals surface area contributed by atoms with Crippen LogP contribution in [0.15, 0.2) is 47.6 Å². The third-order valence-electron chi connectivity index (χ3n) is 6.14. The first-order chi connectivity index (χ1) is 14.2. The summed E-state index contributed by atoms with van der Waals surface area (Å²) in [4.78, 5) is 31.4. The second-order valence-corrected chi connectivity index (χ2v) is 9.07. The predicted molar refractivity (Wildman–Crippen MR) is 102 cm³/mol. The van der Waals surface area contributed by atoms with Gasteiger partial charge in [-0.3, -0.25) is 9.78 Å². The third kappa shape index (κ3) is 3.07. The summed E-state index contributed by atoms with van der Waals surface area (Å²) in [6, 6.07) is 7.81. The minimum atomic E-state index is -4.34. The minimum absolute atomic E-state index is 0.0610. The van der Waals surface area contributed by atoms with Gasteiger partial charge in [-0.1, -0.05) is 12.1 Å². The summed E-state index contributed by atoms with van der Waals surface area (Å²) < 4.78 is 43.4. The molecule has 0 bridgehead atoms. The van der Waals surface area contributed by atoms with Crippen LogP contribution in [0, 0.1) is 0 Å². The summed E-state index contributed by atoms with van der Waals surface area (Å²) in [6.45, 7) is 0.732. The topological polar surface area (TPSA) is 59.5 Å². The van der Waals surface area contributed by atoms with Crippen LogP contribution >= 0.6 is 11.8 Å². The maximum absolute atomic E-state index is 13.4. The van der Waals surface area contributed by atoms with E-state index in [2.05, 4.69) is 4.98 Å². The molecular formula is C21H17F3N2O3S. The number of hydrogen-bond donors (Lipinski definition) is 0. The maximum Gasteiger partial charge on any atom is 0.446 e. The van der Waals surface area contributed by atoms with Crippen molar-refractivity contribution in [3.8, 4) is 0 Å². The number of pyridine rings is 1. The van der Waals surface area contributed by atoms with Gasteiger partial charge in [0.15, 0.2) is 5.60 Å². The number of ether oxygens (including phenoxy) is 1. The lowest BCUT2D eigenvalue weighted by atomic mass is 9.92. The third-order valence-corrected chi connectivity index (χ3v) is 6.88. The molecule has 1 saturated carbocycles. The first-order valence-corrected chi connectivity index (χ1v) is 10.4. The Hall–Kier alpha value is -2.55. The fraction of sp³-hybridized carbons (Fsp3) is 0.381. The number of benzene rings is 1. The lowest BCUT2D eigenvalue weighted by Gasteiger charge is -2.27. The summed E-state index contributed by atoms with van der Waals surface area (Å²) in [5, 5.41) is 0. The van der Waals surface area contributed by atoms with Gasteiger partial charge in [-0.15, -0.1) is 0 Å². The van der Waals surface area contributed by atoms with Crippen molar-refractivity contribution in [2.24, 2.45) is 0 Å². The molecule has 156 valence electrons. The smallest absolute Gasteiger partial charge is 0.446 e. The Balaban J connectivity index is 1.35. The number of amides is 1. The monoisotopic (exact) mass is 434 g/mol. The molecule has 3 aliphatic rings. The van der Waals surface area contributed by atoms with Crippen molar-refractivity contribution in [3.05, 3.63) is 59.4 Å². The van der Waals surface area contributed by atoms with Crippen LogP contribution in [0.3, 0.4) is 0 Å². The van der Waals surface area contributed by atoms with Crippen molar-refractivity contribution in [2.75, 3.05) is 13.1 Å². The average Bonchev–Trinajstić information content (AvgIpc) is 3.33. The second-order valence-electron chi connectivity index (χ2n) is 7.94. The van der Waals surface area contributed by atoms with E-state index in [4.69, 9.17) is 4.74 Å². The average molecular weight is 434 g/mol. The van der Waals surface area contributed by atoms with Gasteiger partial charge in [0.1, 0.15) is 0 Å². The summed E-state index contributed by atoms with van der Waals surface area (Å²) >= 11 is -0.168. The molecule has 5 nitrogen and oxygen atoms in total. The molecule has 2 aliphatic heterocycles. The van der Waals surface area contributed by atoms with Gasteiger partial charge in [0.2, 0.25) is 5.91 Å². The lowest BCUT2D eigenvalue weighted by Crippen LogP contribution is -2.40. The SMILES string of the molecule is O=C1OC2(CCN(C(=O)C3(c4ccc(SC(F)(F)F)cc4)CC3)C2)c2ccncc21. The van der Waals surface area contributed by atoms with E-state index < -0.39 is 22.5 Å². The van der Waals surface area contributed by atoms with Gasteiger partial charge in [-0.05, 0) is 48.4 Å². The van der Waals surface area contributed by atoms with E-state index in [1.807, 2.05) is 0 Å². The number of nitrogens with zero attached hydrogens (tertiary/aromatic N) is 2. The van der Waals surface area contributed by atoms with Gasteiger partial charge in [-0.25, -0.2) is 4.79 Å². The number of likely N-dealkylation sites (tertiary alicyclic amines) is 1. The highest BCUT2D eigenvalue weighted by Crippen LogP contribution is 2.52. The molecule has 1 aliphatic carbocycles. The quantitative estimate of drug-likeness (QED) is 0.540. The number of halogens is 3. The molecule has 9 heteroatoms. The Morgan fingerprint density at radius 3 is 2.53 bits per heavy atom. The van der Waals surface area contributed by atoms with E-state index in [0.29, 0.717) is 31.4 Å². The second kappa shape index (κ2) is 6.47. The van der Waals surface area contributed by atoms with E-state index in [9.17, 15) is 22.8 Å². The zero-order valence-corrected chi connectivity index (χ0v) is 16.6. The Labute approximate surface area is 174 Å². The number of rotatable bonds is 3. The number of thioether (sulfide) groups is 1. The van der Waals surface area contributed by atoms with Crippen LogP contribution in [-0.4, -0.2) is 40.4 Å². The molecule has 2 aromatic rings. The zero-order valence-electron chi connectivity index (χ0n) is 15.7. The van der Waals surface area contributed by atoms with Gasteiger partial charge < -0.3 is 9.64 Å². The Morgan fingerprint density at radius 2 is 1.87 bits per heavy atom. The predicted octanol–water partition coefficient (Wildman–Crippen LogP) is 4.02. The normalized spacial score (nSPS) is 24.1. The van der Waals surface area contributed by atoms with E-state index in [-0.39, 0.29) is 29.1 Å². The zero-order chi connectivity index (χ0) is 21.1. The molecule has 1 unspecified atom stereocenters. The summed E-state index contributed by atoms with van der Waals surface area (Å²) in [5.41, 5.74) is -3.96. The Kier molecular flexibility index (Phi) is 4.19. The highest BCUT2D eigenvalue weighted by atomic mass is 32.2. The first kappa shape index (κ1) is 19.4. The number of carbonyl (C=O) groups excluding carboxylic acids is 2. The molecule has 1 spiro atoms. The number of carbonyl (C=O) groups is 2. The van der Waals surface area contributed by atoms with E-state index in [1.165, 1.54) is 18.3 Å². The van der Waals surface area contributed by atoms with Crippen molar-refractivity contribution in [1.82, 2.24) is 9.88 Å². The summed E-state index contributed by atoms with van der Waals surface area (Å²) in [6.07, 6.45) is 4.91. The van der Waals surface area contributed by atoms with Gasteiger partial charge in [0.05, 0.1) is 17.5 Å². The highest BCUT2D eigenvalue weighted by Gasteiger charge is 2.57. The van der Waals surface area contributed by atoms with E-state index >= 15 is 0 Å². The summed E-state index contributed by atoms with van der Waals surface area (Å²) in [7, 11) is 0. The standard InChI is InChI=1S/C21H17F3N2O3S/c22-21(23,24)30-14-3-1-13(2-4-14)19(6-7-19)18(28)26-10-8-20(12-26)16-5-9-25-11-15(16)17(27)29-20/h1-5,9,11H,6-8,10,12H2. The highest BCUT2D eigenvalue weighted by molar-refractivity contribution is 8.00. The van der Waals surface area contributed by atoms with Crippen LogP contribution in [0.5, 0.6) is 0 Å². The van der Waals surface area contributed by atoms with Crippen molar-refractivity contribution >= 4 is 23.6 Å². The molecule has 1 atom stereocenters. The molecular weight excluding hydrogens is 417 g/mol. The molecule has 1 amide bonds. The minimum Gasteiger partial charge on any atom is -0.449 e. The largest absolute Gasteiger partial charge is 0.449 e. The fourth-order valence-corrected chi connectivity index (χ4v) is 5.07. The van der Waals surface area contributed by atoms with Crippen molar-refractivity contribution < 1.29 is 27.5 Å². The molecule has 2 fully saturated rings. The number of alkyl halides is 3. The number of esters is 1. The van der Waals surface area contributed by atoms with E-state index in [1.54, 1.807) is 29.3 Å². The number of fused-ring (bicyclic) bond motifs is 2. The van der Waals surface area contributed by atoms with Gasteiger partial charge in [-0.2, -0.15) is 13.2 Å². The number of aromatic nitrogens is 1. The summed E-state index contributed by atoms with van der Waals surface area (Å²) in [5.74, 6) is -0.486. The molecule has 3 heterocycles. The molecule has 0 N–H and O–H groups in total. The molecule has 1 aromatic heterocycles. The van der Waals surface area contributed by atoms with Gasteiger partial charge >= 0.3 is 11.5 Å². The van der Waals surface area contributed by atoms with Crippen molar-refractivity contribution in [2.45, 2.75) is 40.7 Å². The van der Waals surface area contributed by atoms with E-state index in [0.717, 1.165) is 11.1 Å². The van der Waals surface area contributed by atoms with Crippen LogP contribution in [0.1, 0.15) is 40.7 Å². The molecule has 1 saturated heterocycles. The Morgan fingerprint density at radius 1 is 1.13 bits per heavy atom. The van der Waals surface area contributed by atoms with Crippen LogP contribution < -0.4 is 0 Å². The molecule has 30 heavy (non-hydrogen) atoms. The lowest BCUT2D eigenvalue weighted by molar-refractivity contribution is -0.134. The van der Waals surface area contributed by atoms with Gasteiger partial charge in [0.25, 0.3) is 0 Å². The van der Waals surface area contributed by atoms with Crippen molar-refractivity contribution in [1.29, 1.82) is 0 Å². The fourth-order valence-electron chi connectivity index (χ4n) is 4.53. The molecule has 0 radical (unpaired) electrons. The maximum atomic E-state index is 13.4. The van der Waals surface area contributed by atoms with Crippen LogP contribution in [0.4, 0.5) is 13.2 Å². The van der Waals surface area contributed by atoms with Gasteiger partial charge in [0, 0.05) is 35.8 Å².